The molecule has 2 atom stereocenters. The minimum atomic E-state index is -0.575. The van der Waals surface area contributed by atoms with Crippen molar-refractivity contribution in [1.29, 1.82) is 0 Å². The molecule has 8 heteroatoms. The van der Waals surface area contributed by atoms with Crippen LogP contribution in [0.25, 0.3) is 0 Å². The molecule has 1 amide bonds. The van der Waals surface area contributed by atoms with Gasteiger partial charge in [-0.3, -0.25) is 9.69 Å². The zero-order valence-corrected chi connectivity index (χ0v) is 16.4. The number of nitrogens with two attached hydrogens (primary N) is 1. The Hall–Kier alpha value is -2.22. The molecule has 3 rings (SSSR count). The fourth-order valence-corrected chi connectivity index (χ4v) is 4.05. The molecular weight excluding hydrogens is 388 g/mol. The highest BCUT2D eigenvalue weighted by Crippen LogP contribution is 2.40. The summed E-state index contributed by atoms with van der Waals surface area (Å²) in [6.45, 7) is 3.74. The van der Waals surface area contributed by atoms with Gasteiger partial charge in [-0.2, -0.15) is 0 Å². The van der Waals surface area contributed by atoms with Gasteiger partial charge in [-0.25, -0.2) is 4.79 Å². The minimum Gasteiger partial charge on any atom is -0.497 e. The number of β-lactam (4-membered cyclic amide) rings is 1. The molecule has 144 valence electrons. The zero-order valence-electron chi connectivity index (χ0n) is 14.8. The van der Waals surface area contributed by atoms with Crippen molar-refractivity contribution < 1.29 is 19.1 Å². The van der Waals surface area contributed by atoms with E-state index in [1.54, 1.807) is 37.5 Å². The van der Waals surface area contributed by atoms with Gasteiger partial charge in [0.2, 0.25) is 5.91 Å². The lowest BCUT2D eigenvalue weighted by molar-refractivity contribution is -0.151. The van der Waals surface area contributed by atoms with Gasteiger partial charge in [-0.15, -0.1) is 24.2 Å². The summed E-state index contributed by atoms with van der Waals surface area (Å²) < 4.78 is 10.6. The Kier molecular flexibility index (Phi) is 7.12. The lowest BCUT2D eigenvalue weighted by Crippen LogP contribution is -2.68. The van der Waals surface area contributed by atoms with Gasteiger partial charge in [0, 0.05) is 5.75 Å². The third kappa shape index (κ3) is 4.21. The number of thioether (sulfide) groups is 1. The summed E-state index contributed by atoms with van der Waals surface area (Å²) in [5.74, 6) is 0.518. The van der Waals surface area contributed by atoms with Crippen LogP contribution in [0.3, 0.4) is 0 Å². The van der Waals surface area contributed by atoms with Crippen LogP contribution in [0, 0.1) is 0 Å². The number of fused-ring (bicyclic) bond motifs is 1. The molecule has 0 unspecified atom stereocenters. The van der Waals surface area contributed by atoms with E-state index in [2.05, 4.69) is 6.58 Å². The highest BCUT2D eigenvalue weighted by Gasteiger charge is 2.51. The van der Waals surface area contributed by atoms with Crippen molar-refractivity contribution in [2.75, 3.05) is 12.9 Å². The van der Waals surface area contributed by atoms with E-state index in [-0.39, 0.29) is 36.0 Å². The lowest BCUT2D eigenvalue weighted by atomic mass is 10.0. The van der Waals surface area contributed by atoms with E-state index in [9.17, 15) is 9.59 Å². The Morgan fingerprint density at radius 1 is 1.41 bits per heavy atom. The fraction of sp³-hybridized carbons (Fsp3) is 0.263. The van der Waals surface area contributed by atoms with Crippen LogP contribution in [-0.4, -0.2) is 41.1 Å². The largest absolute Gasteiger partial charge is 0.497 e. The molecule has 1 aromatic rings. The number of amides is 1. The summed E-state index contributed by atoms with van der Waals surface area (Å²) in [4.78, 5) is 26.3. The molecule has 1 aromatic carbocycles. The SMILES string of the molecule is C=C/C=C/C1=C(C(=O)OCc2ccc(OC)cc2)N2C(=O)[C@@H](N)[C@H]2SC1.Cl. The van der Waals surface area contributed by atoms with Crippen LogP contribution < -0.4 is 10.5 Å². The first-order valence-corrected chi connectivity index (χ1v) is 9.14. The van der Waals surface area contributed by atoms with Crippen LogP contribution in [0.2, 0.25) is 0 Å². The maximum absolute atomic E-state index is 12.7. The Balaban J connectivity index is 0.00000261. The molecule has 0 aliphatic carbocycles. The second-order valence-electron chi connectivity index (χ2n) is 5.83. The van der Waals surface area contributed by atoms with Gasteiger partial charge in [0.15, 0.2) is 0 Å². The lowest BCUT2D eigenvalue weighted by Gasteiger charge is -2.48. The van der Waals surface area contributed by atoms with Gasteiger partial charge < -0.3 is 15.2 Å². The first-order valence-electron chi connectivity index (χ1n) is 8.09. The number of allylic oxidation sites excluding steroid dienone is 3. The monoisotopic (exact) mass is 408 g/mol. The number of ether oxygens (including phenoxy) is 2. The number of nitrogens with zero attached hydrogens (tertiary/aromatic N) is 1. The molecule has 0 saturated carbocycles. The van der Waals surface area contributed by atoms with E-state index in [0.29, 0.717) is 5.75 Å². The number of benzene rings is 1. The predicted octanol–water partition coefficient (Wildman–Crippen LogP) is 2.40. The van der Waals surface area contributed by atoms with Crippen molar-refractivity contribution in [3.05, 3.63) is 65.9 Å². The van der Waals surface area contributed by atoms with Crippen molar-refractivity contribution in [3.8, 4) is 5.75 Å². The number of halogens is 1. The Morgan fingerprint density at radius 3 is 2.74 bits per heavy atom. The normalized spacial score (nSPS) is 21.3. The summed E-state index contributed by atoms with van der Waals surface area (Å²) in [7, 11) is 1.59. The van der Waals surface area contributed by atoms with Crippen LogP contribution in [0.4, 0.5) is 0 Å². The van der Waals surface area contributed by atoms with Crippen LogP contribution in [-0.2, 0) is 20.9 Å². The third-order valence-electron chi connectivity index (χ3n) is 4.19. The second kappa shape index (κ2) is 9.12. The van der Waals surface area contributed by atoms with Crippen molar-refractivity contribution in [2.45, 2.75) is 18.0 Å². The first kappa shape index (κ1) is 21.1. The van der Waals surface area contributed by atoms with Gasteiger partial charge in [-0.05, 0) is 23.3 Å². The van der Waals surface area contributed by atoms with Crippen LogP contribution in [0.5, 0.6) is 5.75 Å². The smallest absolute Gasteiger partial charge is 0.355 e. The molecule has 0 radical (unpaired) electrons. The molecule has 2 aliphatic rings. The van der Waals surface area contributed by atoms with Crippen LogP contribution >= 0.6 is 24.2 Å². The number of esters is 1. The molecule has 0 bridgehead atoms. The highest BCUT2D eigenvalue weighted by molar-refractivity contribution is 8.00. The van der Waals surface area contributed by atoms with Gasteiger partial charge in [0.05, 0.1) is 7.11 Å². The van der Waals surface area contributed by atoms with Gasteiger partial charge >= 0.3 is 5.97 Å². The van der Waals surface area contributed by atoms with E-state index < -0.39 is 12.0 Å². The highest BCUT2D eigenvalue weighted by atomic mass is 35.5. The number of methoxy groups -OCH3 is 1. The Bertz CT molecular complexity index is 791. The van der Waals surface area contributed by atoms with E-state index >= 15 is 0 Å². The average molecular weight is 409 g/mol. The molecule has 1 saturated heterocycles. The molecular formula is C19H21ClN2O4S. The van der Waals surface area contributed by atoms with Gasteiger partial charge in [0.1, 0.15) is 29.5 Å². The van der Waals surface area contributed by atoms with Gasteiger partial charge in [0.25, 0.3) is 0 Å². The summed E-state index contributed by atoms with van der Waals surface area (Å²) >= 11 is 1.54. The second-order valence-corrected chi connectivity index (χ2v) is 6.93. The third-order valence-corrected chi connectivity index (χ3v) is 5.52. The summed E-state index contributed by atoms with van der Waals surface area (Å²) in [5.41, 5.74) is 7.67. The fourth-order valence-electron chi connectivity index (χ4n) is 2.78. The van der Waals surface area contributed by atoms with E-state index in [1.165, 1.54) is 16.7 Å². The van der Waals surface area contributed by atoms with Crippen molar-refractivity contribution in [3.63, 3.8) is 0 Å². The molecule has 0 spiro atoms. The van der Waals surface area contributed by atoms with Crippen LogP contribution in [0.15, 0.2) is 60.3 Å². The average Bonchev–Trinajstić information content (AvgIpc) is 2.69. The van der Waals surface area contributed by atoms with Crippen molar-refractivity contribution >= 4 is 36.0 Å². The van der Waals surface area contributed by atoms with Crippen molar-refractivity contribution in [2.24, 2.45) is 5.73 Å². The summed E-state index contributed by atoms with van der Waals surface area (Å²) in [5, 5.41) is -0.216. The van der Waals surface area contributed by atoms with Crippen molar-refractivity contribution in [1.82, 2.24) is 4.90 Å². The molecule has 0 aromatic heterocycles. The number of carbonyl (C=O) groups is 2. The number of hydrogen-bond donors (Lipinski definition) is 1. The van der Waals surface area contributed by atoms with Crippen LogP contribution in [0.1, 0.15) is 5.56 Å². The first-order chi connectivity index (χ1) is 12.6. The number of rotatable bonds is 6. The summed E-state index contributed by atoms with van der Waals surface area (Å²) in [6, 6.07) is 6.67. The minimum absolute atomic E-state index is 0. The molecule has 1 fully saturated rings. The maximum Gasteiger partial charge on any atom is 0.355 e. The standard InChI is InChI=1S/C19H20N2O4S.ClH/c1-3-4-5-13-11-26-18-15(20)17(22)21(18)16(13)19(23)25-10-12-6-8-14(24-2)9-7-12;/h3-9,15,18H,1,10-11,20H2,2H3;1H/b5-4+;/t15-,18-;/m1./s1. The molecule has 2 N–H and O–H groups in total. The topological polar surface area (TPSA) is 81.9 Å². The summed E-state index contributed by atoms with van der Waals surface area (Å²) in [6.07, 6.45) is 5.13. The molecule has 27 heavy (non-hydrogen) atoms. The molecule has 6 nitrogen and oxygen atoms in total. The predicted molar refractivity (Wildman–Crippen MR) is 107 cm³/mol. The van der Waals surface area contributed by atoms with E-state index in [0.717, 1.165) is 16.9 Å². The van der Waals surface area contributed by atoms with E-state index in [4.69, 9.17) is 15.2 Å². The zero-order chi connectivity index (χ0) is 18.7. The quantitative estimate of drug-likeness (QED) is 0.442. The number of hydrogen-bond acceptors (Lipinski definition) is 6. The Labute approximate surface area is 168 Å². The Morgan fingerprint density at radius 2 is 2.11 bits per heavy atom. The maximum atomic E-state index is 12.7. The number of carbonyl (C=O) groups excluding carboxylic acids is 2. The van der Waals surface area contributed by atoms with E-state index in [1.807, 2.05) is 12.1 Å². The molecule has 2 aliphatic heterocycles. The van der Waals surface area contributed by atoms with Gasteiger partial charge in [-0.1, -0.05) is 36.9 Å². The molecule has 2 heterocycles.